The van der Waals surface area contributed by atoms with Gasteiger partial charge in [0.05, 0.1) is 6.61 Å². The summed E-state index contributed by atoms with van der Waals surface area (Å²) in [4.78, 5) is 0. The zero-order valence-corrected chi connectivity index (χ0v) is 10.5. The van der Waals surface area contributed by atoms with E-state index in [1.54, 1.807) is 0 Å². The molecular formula is C13H27NO. The second-order valence-corrected chi connectivity index (χ2v) is 5.34. The molecule has 0 radical (unpaired) electrons. The third kappa shape index (κ3) is 4.12. The molecule has 0 aromatic rings. The molecule has 0 saturated heterocycles. The minimum absolute atomic E-state index is 0.269. The van der Waals surface area contributed by atoms with E-state index in [1.165, 1.54) is 32.1 Å². The van der Waals surface area contributed by atoms with E-state index < -0.39 is 0 Å². The van der Waals surface area contributed by atoms with Crippen molar-refractivity contribution < 1.29 is 5.11 Å². The molecule has 1 aliphatic carbocycles. The number of nitrogens with one attached hydrogen (secondary N) is 1. The van der Waals surface area contributed by atoms with Crippen molar-refractivity contribution in [1.82, 2.24) is 5.32 Å². The molecule has 0 spiro atoms. The Balaban J connectivity index is 2.36. The van der Waals surface area contributed by atoms with Gasteiger partial charge in [0.2, 0.25) is 0 Å². The Labute approximate surface area is 94.5 Å². The van der Waals surface area contributed by atoms with Gasteiger partial charge in [0.1, 0.15) is 0 Å². The summed E-state index contributed by atoms with van der Waals surface area (Å²) in [6, 6.07) is 0.925. The maximum atomic E-state index is 9.29. The molecule has 0 bridgehead atoms. The van der Waals surface area contributed by atoms with Crippen molar-refractivity contribution in [2.24, 2.45) is 11.8 Å². The van der Waals surface area contributed by atoms with E-state index in [4.69, 9.17) is 0 Å². The Morgan fingerprint density at radius 3 is 2.60 bits per heavy atom. The molecule has 15 heavy (non-hydrogen) atoms. The maximum absolute atomic E-state index is 9.29. The summed E-state index contributed by atoms with van der Waals surface area (Å²) >= 11 is 0. The van der Waals surface area contributed by atoms with Crippen molar-refractivity contribution in [2.45, 2.75) is 65.0 Å². The molecule has 1 fully saturated rings. The quantitative estimate of drug-likeness (QED) is 0.735. The second-order valence-electron chi connectivity index (χ2n) is 5.34. The van der Waals surface area contributed by atoms with Crippen LogP contribution < -0.4 is 5.32 Å². The first-order chi connectivity index (χ1) is 7.17. The molecule has 1 saturated carbocycles. The van der Waals surface area contributed by atoms with Crippen LogP contribution in [0.5, 0.6) is 0 Å². The van der Waals surface area contributed by atoms with Gasteiger partial charge in [0.25, 0.3) is 0 Å². The van der Waals surface area contributed by atoms with Gasteiger partial charge in [-0.05, 0) is 24.7 Å². The zero-order chi connectivity index (χ0) is 11.3. The van der Waals surface area contributed by atoms with Crippen molar-refractivity contribution in [2.75, 3.05) is 6.61 Å². The summed E-state index contributed by atoms with van der Waals surface area (Å²) in [6.07, 6.45) is 6.66. The number of aliphatic hydroxyl groups is 1. The third-order valence-corrected chi connectivity index (χ3v) is 3.81. The molecule has 0 aliphatic heterocycles. The molecule has 2 unspecified atom stereocenters. The smallest absolute Gasteiger partial charge is 0.0587 e. The minimum Gasteiger partial charge on any atom is -0.395 e. The fourth-order valence-electron chi connectivity index (χ4n) is 2.57. The highest BCUT2D eigenvalue weighted by molar-refractivity contribution is 4.81. The van der Waals surface area contributed by atoms with E-state index in [0.29, 0.717) is 12.0 Å². The van der Waals surface area contributed by atoms with Gasteiger partial charge in [0.15, 0.2) is 0 Å². The topological polar surface area (TPSA) is 32.3 Å². The Morgan fingerprint density at radius 1 is 1.33 bits per heavy atom. The number of hydrogen-bond acceptors (Lipinski definition) is 2. The number of rotatable bonds is 5. The monoisotopic (exact) mass is 213 g/mol. The summed E-state index contributed by atoms with van der Waals surface area (Å²) in [7, 11) is 0. The first-order valence-electron chi connectivity index (χ1n) is 6.54. The Morgan fingerprint density at radius 2 is 2.07 bits per heavy atom. The summed E-state index contributed by atoms with van der Waals surface area (Å²) < 4.78 is 0. The van der Waals surface area contributed by atoms with Crippen LogP contribution in [-0.4, -0.2) is 23.8 Å². The fraction of sp³-hybridized carbons (Fsp3) is 1.00. The summed E-state index contributed by atoms with van der Waals surface area (Å²) in [5.41, 5.74) is 0. The van der Waals surface area contributed by atoms with Gasteiger partial charge in [-0.25, -0.2) is 0 Å². The van der Waals surface area contributed by atoms with Crippen LogP contribution in [0.2, 0.25) is 0 Å². The van der Waals surface area contributed by atoms with Crippen molar-refractivity contribution in [1.29, 1.82) is 0 Å². The van der Waals surface area contributed by atoms with Crippen molar-refractivity contribution in [3.8, 4) is 0 Å². The van der Waals surface area contributed by atoms with E-state index >= 15 is 0 Å². The van der Waals surface area contributed by atoms with E-state index in [1.807, 2.05) is 0 Å². The predicted octanol–water partition coefficient (Wildman–Crippen LogP) is 2.56. The van der Waals surface area contributed by atoms with Gasteiger partial charge in [0, 0.05) is 12.1 Å². The Kier molecular flexibility index (Phi) is 5.62. The molecular weight excluding hydrogens is 186 g/mol. The van der Waals surface area contributed by atoms with E-state index in [-0.39, 0.29) is 12.6 Å². The van der Waals surface area contributed by atoms with Crippen LogP contribution in [0.1, 0.15) is 52.9 Å². The molecule has 0 heterocycles. The van der Waals surface area contributed by atoms with Crippen LogP contribution in [0.15, 0.2) is 0 Å². The minimum atomic E-state index is 0.269. The molecule has 3 atom stereocenters. The first-order valence-corrected chi connectivity index (χ1v) is 6.54. The molecule has 1 aliphatic rings. The van der Waals surface area contributed by atoms with E-state index in [2.05, 4.69) is 26.1 Å². The van der Waals surface area contributed by atoms with Gasteiger partial charge < -0.3 is 10.4 Å². The van der Waals surface area contributed by atoms with Gasteiger partial charge in [-0.1, -0.05) is 40.0 Å². The molecule has 0 aromatic heterocycles. The molecule has 2 nitrogen and oxygen atoms in total. The van der Waals surface area contributed by atoms with Gasteiger partial charge in [-0.2, -0.15) is 0 Å². The van der Waals surface area contributed by atoms with Gasteiger partial charge in [-0.15, -0.1) is 0 Å². The van der Waals surface area contributed by atoms with Crippen LogP contribution in [-0.2, 0) is 0 Å². The predicted molar refractivity (Wildman–Crippen MR) is 64.9 cm³/mol. The van der Waals surface area contributed by atoms with Crippen LogP contribution >= 0.6 is 0 Å². The third-order valence-electron chi connectivity index (χ3n) is 3.81. The van der Waals surface area contributed by atoms with Gasteiger partial charge in [-0.3, -0.25) is 0 Å². The normalized spacial score (nSPS) is 29.4. The Bertz CT molecular complexity index is 170. The van der Waals surface area contributed by atoms with Crippen molar-refractivity contribution in [3.05, 3.63) is 0 Å². The van der Waals surface area contributed by atoms with E-state index in [0.717, 1.165) is 5.92 Å². The first kappa shape index (κ1) is 13.0. The molecule has 2 heteroatoms. The summed E-state index contributed by atoms with van der Waals surface area (Å²) in [5, 5.41) is 12.9. The molecule has 90 valence electrons. The molecule has 0 amide bonds. The standard InChI is InChI=1S/C13H27NO/c1-4-11-6-5-7-12(8-11)14-13(9-15)10(2)3/h10-15H,4-9H2,1-3H3/t11?,12?,13-/m1/s1. The van der Waals surface area contributed by atoms with Crippen LogP contribution in [0.25, 0.3) is 0 Å². The lowest BCUT2D eigenvalue weighted by molar-refractivity contribution is 0.175. The number of aliphatic hydroxyl groups excluding tert-OH is 1. The van der Waals surface area contributed by atoms with Crippen LogP contribution in [0.3, 0.4) is 0 Å². The summed E-state index contributed by atoms with van der Waals surface area (Å²) in [6.45, 7) is 6.91. The molecule has 1 rings (SSSR count). The lowest BCUT2D eigenvalue weighted by Crippen LogP contribution is -2.45. The number of hydrogen-bond donors (Lipinski definition) is 2. The lowest BCUT2D eigenvalue weighted by Gasteiger charge is -2.33. The van der Waals surface area contributed by atoms with E-state index in [9.17, 15) is 5.11 Å². The highest BCUT2D eigenvalue weighted by Crippen LogP contribution is 2.27. The van der Waals surface area contributed by atoms with Gasteiger partial charge >= 0.3 is 0 Å². The SMILES string of the molecule is CCC1CCCC(N[C@H](CO)C(C)C)C1. The largest absolute Gasteiger partial charge is 0.395 e. The fourth-order valence-corrected chi connectivity index (χ4v) is 2.57. The van der Waals surface area contributed by atoms with Crippen molar-refractivity contribution in [3.63, 3.8) is 0 Å². The van der Waals surface area contributed by atoms with Crippen LogP contribution in [0.4, 0.5) is 0 Å². The summed E-state index contributed by atoms with van der Waals surface area (Å²) in [5.74, 6) is 1.43. The average Bonchev–Trinajstić information content (AvgIpc) is 2.25. The lowest BCUT2D eigenvalue weighted by atomic mass is 9.83. The molecule has 0 aromatic carbocycles. The highest BCUT2D eigenvalue weighted by atomic mass is 16.3. The second kappa shape index (κ2) is 6.49. The zero-order valence-electron chi connectivity index (χ0n) is 10.5. The molecule has 2 N–H and O–H groups in total. The van der Waals surface area contributed by atoms with Crippen molar-refractivity contribution >= 4 is 0 Å². The van der Waals surface area contributed by atoms with Crippen LogP contribution in [0, 0.1) is 11.8 Å². The Hall–Kier alpha value is -0.0800. The highest BCUT2D eigenvalue weighted by Gasteiger charge is 2.23. The maximum Gasteiger partial charge on any atom is 0.0587 e. The average molecular weight is 213 g/mol.